The molecule has 0 aromatic rings. The molecule has 0 radical (unpaired) electrons. The van der Waals surface area contributed by atoms with E-state index in [-0.39, 0.29) is 5.88 Å². The van der Waals surface area contributed by atoms with Crippen LogP contribution < -0.4 is 11.3 Å². The first kappa shape index (κ1) is 11.9. The van der Waals surface area contributed by atoms with Crippen molar-refractivity contribution in [3.63, 3.8) is 0 Å². The van der Waals surface area contributed by atoms with Crippen LogP contribution in [0.15, 0.2) is 0 Å². The molecule has 0 bridgehead atoms. The Morgan fingerprint density at radius 2 is 1.90 bits per heavy atom. The maximum Gasteiger partial charge on any atom is 0.244 e. The molecular weight excluding hydrogens is 163 g/mol. The van der Waals surface area contributed by atoms with Gasteiger partial charge in [0.2, 0.25) is 11.8 Å². The molecule has 0 aromatic heterocycles. The summed E-state index contributed by atoms with van der Waals surface area (Å²) in [5.74, 6) is -1.23. The average molecular weight is 171 g/mol. The van der Waals surface area contributed by atoms with Gasteiger partial charge in [-0.1, -0.05) is 0 Å². The second-order valence-electron chi connectivity index (χ2n) is 1.25. The van der Waals surface area contributed by atoms with E-state index < -0.39 is 11.8 Å². The van der Waals surface area contributed by atoms with E-state index in [0.29, 0.717) is 0 Å². The Morgan fingerprint density at radius 3 is 1.90 bits per heavy atom. The van der Waals surface area contributed by atoms with Gasteiger partial charge in [0, 0.05) is 6.92 Å². The maximum absolute atomic E-state index is 10.5. The van der Waals surface area contributed by atoms with Gasteiger partial charge in [-0.2, -0.15) is 5.54 Å². The van der Waals surface area contributed by atoms with Gasteiger partial charge < -0.3 is 5.73 Å². The van der Waals surface area contributed by atoms with Crippen LogP contribution in [0.2, 0.25) is 0 Å². The van der Waals surface area contributed by atoms with E-state index in [1.807, 2.05) is 0 Å². The molecule has 0 atom stereocenters. The highest BCUT2D eigenvalue weighted by atomic mass is 35.5. The Hall–Kier alpha value is -0.840. The first-order valence-electron chi connectivity index (χ1n) is 2.26. The summed E-state index contributed by atoms with van der Waals surface area (Å²) in [7, 11) is 0. The van der Waals surface area contributed by atoms with Gasteiger partial charge in [-0.15, -0.1) is 16.1 Å². The molecule has 3 N–H and O–H groups in total. The monoisotopic (exact) mass is 170 g/mol. The SMILES string of the molecule is CC(=O)NF.NC(=O)CCl. The highest BCUT2D eigenvalue weighted by molar-refractivity contribution is 6.27. The summed E-state index contributed by atoms with van der Waals surface area (Å²) in [6, 6.07) is 0. The van der Waals surface area contributed by atoms with Crippen molar-refractivity contribution in [2.75, 3.05) is 5.88 Å². The third-order valence-corrected chi connectivity index (χ3v) is 0.528. The quantitative estimate of drug-likeness (QED) is 0.420. The summed E-state index contributed by atoms with van der Waals surface area (Å²) in [5, 5.41) is 0. The highest BCUT2D eigenvalue weighted by Gasteiger charge is 1.79. The van der Waals surface area contributed by atoms with E-state index in [9.17, 15) is 14.1 Å². The predicted octanol–water partition coefficient (Wildman–Crippen LogP) is -0.282. The van der Waals surface area contributed by atoms with Crippen LogP contribution in [0.1, 0.15) is 6.92 Å². The van der Waals surface area contributed by atoms with Crippen molar-refractivity contribution in [2.24, 2.45) is 5.73 Å². The van der Waals surface area contributed by atoms with Gasteiger partial charge in [-0.25, -0.2) is 0 Å². The first-order chi connectivity index (χ1) is 4.54. The number of carbonyl (C=O) groups excluding carboxylic acids is 2. The molecule has 4 nitrogen and oxygen atoms in total. The zero-order chi connectivity index (χ0) is 8.57. The number of rotatable bonds is 1. The lowest BCUT2D eigenvalue weighted by Crippen LogP contribution is -2.10. The average Bonchev–Trinajstić information content (AvgIpc) is 1.89. The summed E-state index contributed by atoms with van der Waals surface area (Å²) < 4.78 is 10.5. The van der Waals surface area contributed by atoms with E-state index in [0.717, 1.165) is 12.5 Å². The van der Waals surface area contributed by atoms with Crippen LogP contribution in [-0.2, 0) is 9.59 Å². The number of carbonyl (C=O) groups is 2. The number of primary amides is 1. The largest absolute Gasteiger partial charge is 0.369 e. The van der Waals surface area contributed by atoms with E-state index in [1.54, 1.807) is 0 Å². The molecule has 0 spiro atoms. The Labute approximate surface area is 62.5 Å². The number of hydrogen-bond donors (Lipinski definition) is 2. The number of amides is 2. The molecule has 0 saturated carbocycles. The lowest BCUT2D eigenvalue weighted by molar-refractivity contribution is -0.123. The minimum absolute atomic E-state index is 0.0833. The van der Waals surface area contributed by atoms with Gasteiger partial charge >= 0.3 is 0 Å². The Kier molecular flexibility index (Phi) is 9.71. The zero-order valence-electron chi connectivity index (χ0n) is 5.36. The minimum Gasteiger partial charge on any atom is -0.369 e. The molecule has 10 heavy (non-hydrogen) atoms. The summed E-state index contributed by atoms with van der Waals surface area (Å²) in [6.07, 6.45) is 0. The van der Waals surface area contributed by atoms with Crippen LogP contribution in [-0.4, -0.2) is 17.7 Å². The van der Waals surface area contributed by atoms with Crippen LogP contribution in [0, 0.1) is 0 Å². The van der Waals surface area contributed by atoms with E-state index in [1.165, 1.54) is 0 Å². The molecule has 0 aliphatic rings. The lowest BCUT2D eigenvalue weighted by Gasteiger charge is -1.74. The molecular formula is C4H8ClFN2O2. The number of nitrogens with two attached hydrogens (primary N) is 1. The minimum atomic E-state index is -0.662. The third-order valence-electron chi connectivity index (χ3n) is 0.265. The molecule has 6 heteroatoms. The molecule has 0 heterocycles. The second-order valence-corrected chi connectivity index (χ2v) is 1.52. The van der Waals surface area contributed by atoms with Gasteiger partial charge in [0.15, 0.2) is 0 Å². The van der Waals surface area contributed by atoms with Gasteiger partial charge in [0.25, 0.3) is 0 Å². The van der Waals surface area contributed by atoms with Crippen LogP contribution in [0.25, 0.3) is 0 Å². The molecule has 2 amide bonds. The highest BCUT2D eigenvalue weighted by Crippen LogP contribution is 1.64. The topological polar surface area (TPSA) is 72.2 Å². The summed E-state index contributed by atoms with van der Waals surface area (Å²) in [6.45, 7) is 1.10. The molecule has 0 aliphatic carbocycles. The fourth-order valence-electron chi connectivity index (χ4n) is 0. The molecule has 0 fully saturated rings. The standard InChI is InChI=1S/C2H4ClNO.C2H4FNO/c3-1-2(4)5;1-2(5)4-3/h1H2,(H2,4,5);1H3,(H,4,5). The van der Waals surface area contributed by atoms with Gasteiger partial charge in [-0.05, 0) is 0 Å². The van der Waals surface area contributed by atoms with Gasteiger partial charge in [0.1, 0.15) is 5.88 Å². The number of halogens is 2. The maximum atomic E-state index is 10.5. The number of nitrogens with one attached hydrogen (secondary N) is 1. The van der Waals surface area contributed by atoms with Crippen molar-refractivity contribution < 1.29 is 14.1 Å². The fourth-order valence-corrected chi connectivity index (χ4v) is 0. The van der Waals surface area contributed by atoms with Crippen molar-refractivity contribution in [2.45, 2.75) is 6.92 Å². The zero-order valence-corrected chi connectivity index (χ0v) is 6.11. The van der Waals surface area contributed by atoms with Crippen molar-refractivity contribution >= 4 is 23.4 Å². The molecule has 0 saturated heterocycles. The van der Waals surface area contributed by atoms with Gasteiger partial charge in [-0.3, -0.25) is 9.59 Å². The normalized spacial score (nSPS) is 7.10. The smallest absolute Gasteiger partial charge is 0.244 e. The second kappa shape index (κ2) is 8.16. The van der Waals surface area contributed by atoms with Crippen molar-refractivity contribution in [3.8, 4) is 0 Å². The molecule has 0 rings (SSSR count). The van der Waals surface area contributed by atoms with Crippen molar-refractivity contribution in [1.29, 1.82) is 0 Å². The van der Waals surface area contributed by atoms with Crippen LogP contribution in [0.5, 0.6) is 0 Å². The lowest BCUT2D eigenvalue weighted by atomic mass is 10.8. The van der Waals surface area contributed by atoms with Crippen LogP contribution in [0.4, 0.5) is 4.48 Å². The van der Waals surface area contributed by atoms with E-state index in [4.69, 9.17) is 11.6 Å². The first-order valence-corrected chi connectivity index (χ1v) is 2.79. The van der Waals surface area contributed by atoms with Crippen molar-refractivity contribution in [3.05, 3.63) is 0 Å². The molecule has 0 unspecified atom stereocenters. The molecule has 0 aliphatic heterocycles. The van der Waals surface area contributed by atoms with Crippen LogP contribution >= 0.6 is 11.6 Å². The van der Waals surface area contributed by atoms with Crippen LogP contribution in [0.3, 0.4) is 0 Å². The molecule has 0 aromatic carbocycles. The summed E-state index contributed by atoms with van der Waals surface area (Å²) >= 11 is 4.86. The van der Waals surface area contributed by atoms with E-state index in [2.05, 4.69) is 5.73 Å². The fraction of sp³-hybridized carbons (Fsp3) is 0.500. The Bertz CT molecular complexity index is 106. The number of hydrogen-bond acceptors (Lipinski definition) is 2. The van der Waals surface area contributed by atoms with Crippen molar-refractivity contribution in [1.82, 2.24) is 5.54 Å². The molecule has 60 valence electrons. The summed E-state index contributed by atoms with van der Waals surface area (Å²) in [4.78, 5) is 18.8. The predicted molar refractivity (Wildman–Crippen MR) is 34.8 cm³/mol. The Balaban J connectivity index is 0. The van der Waals surface area contributed by atoms with E-state index >= 15 is 0 Å². The number of alkyl halides is 1. The van der Waals surface area contributed by atoms with Gasteiger partial charge in [0.05, 0.1) is 0 Å². The Morgan fingerprint density at radius 1 is 1.70 bits per heavy atom. The third kappa shape index (κ3) is 27.2. The summed E-state index contributed by atoms with van der Waals surface area (Å²) in [5.41, 5.74) is 5.41.